The molecule has 0 unspecified atom stereocenters. The lowest BCUT2D eigenvalue weighted by Crippen LogP contribution is -2.05. The molecule has 2 nitrogen and oxygen atoms in total. The normalized spacial score (nSPS) is 14.0. The number of rotatable bonds is 5. The van der Waals surface area contributed by atoms with Gasteiger partial charge in [-0.1, -0.05) is 28.1 Å². The van der Waals surface area contributed by atoms with Crippen LogP contribution in [0.25, 0.3) is 0 Å². The molecule has 0 saturated heterocycles. The van der Waals surface area contributed by atoms with E-state index in [4.69, 9.17) is 4.74 Å². The molecule has 0 saturated carbocycles. The number of allylic oxidation sites excluding steroid dienone is 1. The van der Waals surface area contributed by atoms with Crippen LogP contribution >= 0.6 is 15.9 Å². The molecule has 1 N–H and O–H groups in total. The third kappa shape index (κ3) is 3.33. The number of benzene rings is 1. The van der Waals surface area contributed by atoms with Gasteiger partial charge in [0.2, 0.25) is 0 Å². The minimum Gasteiger partial charge on any atom is -0.493 e. The first-order valence-electron chi connectivity index (χ1n) is 6.05. The minimum atomic E-state index is 0.822. The van der Waals surface area contributed by atoms with E-state index >= 15 is 0 Å². The van der Waals surface area contributed by atoms with Gasteiger partial charge in [0.05, 0.1) is 6.61 Å². The van der Waals surface area contributed by atoms with Crippen LogP contribution in [0.15, 0.2) is 28.8 Å². The molecule has 17 heavy (non-hydrogen) atoms. The molecule has 0 bridgehead atoms. The van der Waals surface area contributed by atoms with E-state index in [1.54, 1.807) is 0 Å². The molecule has 1 aromatic rings. The topological polar surface area (TPSA) is 21.3 Å². The smallest absolute Gasteiger partial charge is 0.126 e. The van der Waals surface area contributed by atoms with Gasteiger partial charge in [0, 0.05) is 10.9 Å². The van der Waals surface area contributed by atoms with E-state index in [1.165, 1.54) is 11.1 Å². The van der Waals surface area contributed by atoms with Crippen molar-refractivity contribution in [2.75, 3.05) is 20.2 Å². The van der Waals surface area contributed by atoms with Crippen LogP contribution in [0.4, 0.5) is 0 Å². The first kappa shape index (κ1) is 12.7. The highest BCUT2D eigenvalue weighted by atomic mass is 79.9. The van der Waals surface area contributed by atoms with Crippen molar-refractivity contribution in [3.05, 3.63) is 39.9 Å². The molecule has 1 heterocycles. The molecular formula is C14H18BrNO. The van der Waals surface area contributed by atoms with Crippen LogP contribution in [0.1, 0.15) is 17.5 Å². The summed E-state index contributed by atoms with van der Waals surface area (Å²) in [6.45, 7) is 1.85. The van der Waals surface area contributed by atoms with Gasteiger partial charge < -0.3 is 10.1 Å². The van der Waals surface area contributed by atoms with Crippen LogP contribution < -0.4 is 10.1 Å². The Morgan fingerprint density at radius 1 is 1.41 bits per heavy atom. The summed E-state index contributed by atoms with van der Waals surface area (Å²) in [6, 6.07) is 4.32. The fraction of sp³-hybridized carbons (Fsp3) is 0.429. The molecule has 0 atom stereocenters. The lowest BCUT2D eigenvalue weighted by Gasteiger charge is -2.06. The van der Waals surface area contributed by atoms with E-state index in [0.29, 0.717) is 0 Å². The summed E-state index contributed by atoms with van der Waals surface area (Å²) >= 11 is 3.56. The van der Waals surface area contributed by atoms with Crippen molar-refractivity contribution >= 4 is 15.9 Å². The first-order valence-corrected chi connectivity index (χ1v) is 6.84. The van der Waals surface area contributed by atoms with E-state index in [0.717, 1.165) is 42.6 Å². The van der Waals surface area contributed by atoms with Gasteiger partial charge in [0.25, 0.3) is 0 Å². The Labute approximate surface area is 111 Å². The van der Waals surface area contributed by atoms with Crippen LogP contribution in [0, 0.1) is 0 Å². The fourth-order valence-corrected chi connectivity index (χ4v) is 2.61. The van der Waals surface area contributed by atoms with E-state index in [-0.39, 0.29) is 0 Å². The maximum atomic E-state index is 5.70. The molecular weight excluding hydrogens is 278 g/mol. The van der Waals surface area contributed by atoms with Gasteiger partial charge in [-0.3, -0.25) is 0 Å². The number of hydrogen-bond acceptors (Lipinski definition) is 2. The molecule has 0 radical (unpaired) electrons. The van der Waals surface area contributed by atoms with Crippen molar-refractivity contribution in [1.29, 1.82) is 0 Å². The quantitative estimate of drug-likeness (QED) is 0.666. The van der Waals surface area contributed by atoms with E-state index in [2.05, 4.69) is 45.5 Å². The van der Waals surface area contributed by atoms with Gasteiger partial charge in [0.1, 0.15) is 5.75 Å². The second-order valence-electron chi connectivity index (χ2n) is 4.22. The molecule has 0 aliphatic carbocycles. The maximum absolute atomic E-state index is 5.70. The van der Waals surface area contributed by atoms with E-state index < -0.39 is 0 Å². The summed E-state index contributed by atoms with van der Waals surface area (Å²) in [4.78, 5) is 0. The summed E-state index contributed by atoms with van der Waals surface area (Å²) in [6.07, 6.45) is 7.50. The molecule has 0 amide bonds. The highest BCUT2D eigenvalue weighted by Crippen LogP contribution is 2.33. The zero-order valence-electron chi connectivity index (χ0n) is 10.1. The standard InChI is InChI=1S/C14H18BrNO/c1-16-7-4-2-3-5-11-9-13(15)10-12-6-8-17-14(11)12/h2-3,9-10,16H,4-8H2,1H3/b3-2+. The van der Waals surface area contributed by atoms with Gasteiger partial charge in [0.15, 0.2) is 0 Å². The molecule has 3 heteroatoms. The van der Waals surface area contributed by atoms with Gasteiger partial charge >= 0.3 is 0 Å². The Bertz CT molecular complexity index is 415. The minimum absolute atomic E-state index is 0.822. The molecule has 0 aromatic heterocycles. The summed E-state index contributed by atoms with van der Waals surface area (Å²) in [5.41, 5.74) is 2.62. The summed E-state index contributed by atoms with van der Waals surface area (Å²) < 4.78 is 6.85. The predicted molar refractivity (Wildman–Crippen MR) is 74.7 cm³/mol. The van der Waals surface area contributed by atoms with E-state index in [9.17, 15) is 0 Å². The number of hydrogen-bond donors (Lipinski definition) is 1. The third-order valence-corrected chi connectivity index (χ3v) is 3.35. The largest absolute Gasteiger partial charge is 0.493 e. The number of halogens is 1. The van der Waals surface area contributed by atoms with Crippen molar-refractivity contribution in [3.63, 3.8) is 0 Å². The van der Waals surface area contributed by atoms with Crippen LogP contribution in [-0.4, -0.2) is 20.2 Å². The second kappa shape index (κ2) is 6.22. The zero-order valence-corrected chi connectivity index (χ0v) is 11.7. The average molecular weight is 296 g/mol. The average Bonchev–Trinajstić information content (AvgIpc) is 2.76. The molecule has 2 rings (SSSR count). The number of nitrogens with one attached hydrogen (secondary N) is 1. The Hall–Kier alpha value is -0.800. The van der Waals surface area contributed by atoms with Gasteiger partial charge in [-0.05, 0) is 49.7 Å². The highest BCUT2D eigenvalue weighted by Gasteiger charge is 2.16. The van der Waals surface area contributed by atoms with Gasteiger partial charge in [-0.15, -0.1) is 0 Å². The van der Waals surface area contributed by atoms with Crippen LogP contribution in [0.2, 0.25) is 0 Å². The lowest BCUT2D eigenvalue weighted by atomic mass is 10.1. The second-order valence-corrected chi connectivity index (χ2v) is 5.14. The SMILES string of the molecule is CNCC/C=C/Cc1cc(Br)cc2c1OCC2. The van der Waals surface area contributed by atoms with Crippen molar-refractivity contribution < 1.29 is 4.74 Å². The Kier molecular flexibility index (Phi) is 4.63. The predicted octanol–water partition coefficient (Wildman–Crippen LogP) is 3.09. The lowest BCUT2D eigenvalue weighted by molar-refractivity contribution is 0.354. The number of ether oxygens (including phenoxy) is 1. The van der Waals surface area contributed by atoms with Crippen molar-refractivity contribution in [2.45, 2.75) is 19.3 Å². The monoisotopic (exact) mass is 295 g/mol. The van der Waals surface area contributed by atoms with Crippen LogP contribution in [0.3, 0.4) is 0 Å². The van der Waals surface area contributed by atoms with E-state index in [1.807, 2.05) is 7.05 Å². The molecule has 0 spiro atoms. The Balaban J connectivity index is 2.03. The van der Waals surface area contributed by atoms with Crippen molar-refractivity contribution in [2.24, 2.45) is 0 Å². The summed E-state index contributed by atoms with van der Waals surface area (Å²) in [5.74, 6) is 1.10. The van der Waals surface area contributed by atoms with Crippen molar-refractivity contribution in [3.8, 4) is 5.75 Å². The third-order valence-electron chi connectivity index (χ3n) is 2.89. The molecule has 92 valence electrons. The number of fused-ring (bicyclic) bond motifs is 1. The van der Waals surface area contributed by atoms with Crippen LogP contribution in [0.5, 0.6) is 5.75 Å². The van der Waals surface area contributed by atoms with Gasteiger partial charge in [-0.25, -0.2) is 0 Å². The summed E-state index contributed by atoms with van der Waals surface area (Å²) in [7, 11) is 1.98. The van der Waals surface area contributed by atoms with Crippen molar-refractivity contribution in [1.82, 2.24) is 5.32 Å². The molecule has 1 aliphatic rings. The zero-order chi connectivity index (χ0) is 12.1. The molecule has 1 aromatic carbocycles. The maximum Gasteiger partial charge on any atom is 0.126 e. The Morgan fingerprint density at radius 2 is 2.29 bits per heavy atom. The first-order chi connectivity index (χ1) is 8.31. The molecule has 1 aliphatic heterocycles. The van der Waals surface area contributed by atoms with Gasteiger partial charge in [-0.2, -0.15) is 0 Å². The van der Waals surface area contributed by atoms with Crippen LogP contribution in [-0.2, 0) is 12.8 Å². The fourth-order valence-electron chi connectivity index (χ4n) is 2.05. The summed E-state index contributed by atoms with van der Waals surface area (Å²) in [5, 5.41) is 3.13. The highest BCUT2D eigenvalue weighted by molar-refractivity contribution is 9.10. The Morgan fingerprint density at radius 3 is 3.12 bits per heavy atom. The molecule has 0 fully saturated rings.